The third-order valence-corrected chi connectivity index (χ3v) is 3.85. The van der Waals surface area contributed by atoms with Crippen LogP contribution in [-0.4, -0.2) is 23.6 Å². The van der Waals surface area contributed by atoms with Gasteiger partial charge in [0, 0.05) is 6.42 Å². The number of carbonyl (C=O) groups excluding carboxylic acids is 2. The summed E-state index contributed by atoms with van der Waals surface area (Å²) in [6, 6.07) is 14.9. The molecule has 0 saturated heterocycles. The zero-order chi connectivity index (χ0) is 17.1. The molecule has 3 rings (SSSR count). The minimum atomic E-state index is -0.735. The first-order valence-corrected chi connectivity index (χ1v) is 7.62. The van der Waals surface area contributed by atoms with Gasteiger partial charge in [0.25, 0.3) is 0 Å². The molecule has 0 spiro atoms. The number of amides is 1. The van der Waals surface area contributed by atoms with Crippen LogP contribution >= 0.6 is 11.6 Å². The Hall–Kier alpha value is -2.86. The quantitative estimate of drug-likeness (QED) is 0.682. The molecule has 1 unspecified atom stereocenters. The van der Waals surface area contributed by atoms with Gasteiger partial charge in [-0.15, -0.1) is 0 Å². The minimum absolute atomic E-state index is 0.0769. The molecule has 2 aromatic rings. The van der Waals surface area contributed by atoms with Crippen LogP contribution in [0.4, 0.5) is 5.69 Å². The maximum atomic E-state index is 12.3. The van der Waals surface area contributed by atoms with E-state index in [1.165, 1.54) is 5.01 Å². The van der Waals surface area contributed by atoms with E-state index in [9.17, 15) is 9.59 Å². The highest BCUT2D eigenvalue weighted by Gasteiger charge is 2.35. The summed E-state index contributed by atoms with van der Waals surface area (Å²) in [5, 5.41) is 5.97. The molecule has 2 N–H and O–H groups in total. The fourth-order valence-corrected chi connectivity index (χ4v) is 2.53. The third kappa shape index (κ3) is 3.23. The van der Waals surface area contributed by atoms with Gasteiger partial charge in [-0.1, -0.05) is 41.9 Å². The van der Waals surface area contributed by atoms with Gasteiger partial charge in [0.1, 0.15) is 17.5 Å². The molecule has 7 heteroatoms. The van der Waals surface area contributed by atoms with Crippen molar-refractivity contribution >= 4 is 34.9 Å². The van der Waals surface area contributed by atoms with Crippen LogP contribution in [0.5, 0.6) is 5.75 Å². The number of benzene rings is 2. The lowest BCUT2D eigenvalue weighted by atomic mass is 10.1. The first-order chi connectivity index (χ1) is 11.6. The highest BCUT2D eigenvalue weighted by Crippen LogP contribution is 2.27. The molecule has 1 aliphatic heterocycles. The number of anilines is 1. The summed E-state index contributed by atoms with van der Waals surface area (Å²) >= 11 is 5.98. The normalized spacial score (nSPS) is 16.6. The van der Waals surface area contributed by atoms with Crippen LogP contribution in [-0.2, 0) is 9.59 Å². The summed E-state index contributed by atoms with van der Waals surface area (Å²) in [5.41, 5.74) is 6.22. The Balaban J connectivity index is 1.84. The number of esters is 1. The van der Waals surface area contributed by atoms with Crippen molar-refractivity contribution in [2.75, 3.05) is 5.01 Å². The van der Waals surface area contributed by atoms with Gasteiger partial charge >= 0.3 is 5.97 Å². The number of halogens is 1. The second kappa shape index (κ2) is 6.72. The van der Waals surface area contributed by atoms with Gasteiger partial charge in [-0.05, 0) is 24.3 Å². The van der Waals surface area contributed by atoms with E-state index in [1.807, 2.05) is 18.2 Å². The van der Waals surface area contributed by atoms with E-state index in [-0.39, 0.29) is 17.9 Å². The lowest BCUT2D eigenvalue weighted by Gasteiger charge is -2.20. The van der Waals surface area contributed by atoms with Crippen molar-refractivity contribution in [3.05, 3.63) is 59.6 Å². The van der Waals surface area contributed by atoms with Crippen LogP contribution in [0.1, 0.15) is 6.42 Å². The second-order valence-electron chi connectivity index (χ2n) is 5.17. The van der Waals surface area contributed by atoms with E-state index >= 15 is 0 Å². The lowest BCUT2D eigenvalue weighted by Crippen LogP contribution is -2.39. The zero-order valence-corrected chi connectivity index (χ0v) is 13.3. The standard InChI is InChI=1S/C17H14ClN3O3/c18-12-8-4-5-9-15(12)24-17(23)13-10-14(16(19)22)21(20-13)11-6-2-1-3-7-11/h1-9,14H,10H2,(H2,19,22). The van der Waals surface area contributed by atoms with E-state index in [4.69, 9.17) is 22.1 Å². The predicted molar refractivity (Wildman–Crippen MR) is 91.0 cm³/mol. The number of nitrogens with two attached hydrogens (primary N) is 1. The van der Waals surface area contributed by atoms with Gasteiger partial charge in [-0.25, -0.2) is 4.79 Å². The fourth-order valence-electron chi connectivity index (χ4n) is 2.36. The Morgan fingerprint density at radius 3 is 2.46 bits per heavy atom. The highest BCUT2D eigenvalue weighted by atomic mass is 35.5. The molecule has 1 amide bonds. The van der Waals surface area contributed by atoms with Gasteiger partial charge in [-0.2, -0.15) is 5.10 Å². The largest absolute Gasteiger partial charge is 0.420 e. The Bertz CT molecular complexity index is 808. The molecule has 24 heavy (non-hydrogen) atoms. The first kappa shape index (κ1) is 16.0. The van der Waals surface area contributed by atoms with Crippen LogP contribution in [0.3, 0.4) is 0 Å². The molecule has 0 aliphatic carbocycles. The van der Waals surface area contributed by atoms with Crippen molar-refractivity contribution in [2.24, 2.45) is 10.8 Å². The van der Waals surface area contributed by atoms with Gasteiger partial charge in [-0.3, -0.25) is 9.80 Å². The minimum Gasteiger partial charge on any atom is -0.420 e. The van der Waals surface area contributed by atoms with E-state index in [1.54, 1.807) is 36.4 Å². The molecule has 0 saturated carbocycles. The van der Waals surface area contributed by atoms with Crippen molar-refractivity contribution in [1.82, 2.24) is 0 Å². The van der Waals surface area contributed by atoms with Gasteiger partial charge < -0.3 is 10.5 Å². The van der Waals surface area contributed by atoms with Crippen LogP contribution in [0, 0.1) is 0 Å². The second-order valence-corrected chi connectivity index (χ2v) is 5.58. The summed E-state index contributed by atoms with van der Waals surface area (Å²) in [4.78, 5) is 24.0. The van der Waals surface area contributed by atoms with Gasteiger partial charge in [0.05, 0.1) is 10.7 Å². The lowest BCUT2D eigenvalue weighted by molar-refractivity contribution is -0.127. The van der Waals surface area contributed by atoms with Crippen LogP contribution in [0.25, 0.3) is 0 Å². The topological polar surface area (TPSA) is 85.0 Å². The number of nitrogens with zero attached hydrogens (tertiary/aromatic N) is 2. The first-order valence-electron chi connectivity index (χ1n) is 7.24. The maximum Gasteiger partial charge on any atom is 0.360 e. The zero-order valence-electron chi connectivity index (χ0n) is 12.6. The number of hydrogen-bond acceptors (Lipinski definition) is 5. The third-order valence-electron chi connectivity index (χ3n) is 3.53. The van der Waals surface area contributed by atoms with Crippen LogP contribution < -0.4 is 15.5 Å². The predicted octanol–water partition coefficient (Wildman–Crippen LogP) is 2.37. The van der Waals surface area contributed by atoms with E-state index in [0.717, 1.165) is 0 Å². The van der Waals surface area contributed by atoms with E-state index in [2.05, 4.69) is 5.10 Å². The number of carbonyl (C=O) groups is 2. The maximum absolute atomic E-state index is 12.3. The SMILES string of the molecule is NC(=O)C1CC(C(=O)Oc2ccccc2Cl)=NN1c1ccccc1. The number of hydrogen-bond donors (Lipinski definition) is 1. The summed E-state index contributed by atoms with van der Waals surface area (Å²) in [7, 11) is 0. The average molecular weight is 344 g/mol. The molecular weight excluding hydrogens is 330 g/mol. The van der Waals surface area contributed by atoms with Gasteiger partial charge in [0.15, 0.2) is 0 Å². The average Bonchev–Trinajstić information content (AvgIpc) is 3.03. The smallest absolute Gasteiger partial charge is 0.360 e. The molecule has 0 radical (unpaired) electrons. The number of primary amides is 1. The summed E-state index contributed by atoms with van der Waals surface area (Å²) < 4.78 is 5.26. The molecule has 0 bridgehead atoms. The molecule has 122 valence electrons. The van der Waals surface area contributed by atoms with Crippen molar-refractivity contribution in [1.29, 1.82) is 0 Å². The van der Waals surface area contributed by atoms with E-state index in [0.29, 0.717) is 10.7 Å². The number of hydrazone groups is 1. The summed E-state index contributed by atoms with van der Waals surface area (Å²) in [6.07, 6.45) is 0.0769. The number of para-hydroxylation sites is 2. The fraction of sp³-hybridized carbons (Fsp3) is 0.118. The Morgan fingerprint density at radius 1 is 1.12 bits per heavy atom. The molecule has 6 nitrogen and oxygen atoms in total. The molecule has 0 aromatic heterocycles. The van der Waals surface area contributed by atoms with Crippen LogP contribution in [0.15, 0.2) is 59.7 Å². The Labute approximate surface area is 143 Å². The monoisotopic (exact) mass is 343 g/mol. The van der Waals surface area contributed by atoms with Crippen LogP contribution in [0.2, 0.25) is 5.02 Å². The van der Waals surface area contributed by atoms with Crippen molar-refractivity contribution in [3.63, 3.8) is 0 Å². The molecule has 2 aromatic carbocycles. The van der Waals surface area contributed by atoms with Crippen molar-refractivity contribution in [2.45, 2.75) is 12.5 Å². The summed E-state index contributed by atoms with van der Waals surface area (Å²) in [6.45, 7) is 0. The number of rotatable bonds is 4. The molecular formula is C17H14ClN3O3. The molecule has 1 atom stereocenters. The molecule has 0 fully saturated rings. The Morgan fingerprint density at radius 2 is 1.79 bits per heavy atom. The Kier molecular flexibility index (Phi) is 4.48. The molecule has 1 aliphatic rings. The highest BCUT2D eigenvalue weighted by molar-refractivity contribution is 6.39. The number of ether oxygens (including phenoxy) is 1. The summed E-state index contributed by atoms with van der Waals surface area (Å²) in [5.74, 6) is -0.989. The van der Waals surface area contributed by atoms with Crippen molar-refractivity contribution in [3.8, 4) is 5.75 Å². The van der Waals surface area contributed by atoms with Gasteiger partial charge in [0.2, 0.25) is 5.91 Å². The molecule has 1 heterocycles. The van der Waals surface area contributed by atoms with Crippen molar-refractivity contribution < 1.29 is 14.3 Å². The van der Waals surface area contributed by atoms with E-state index < -0.39 is 17.9 Å².